The lowest BCUT2D eigenvalue weighted by Crippen LogP contribution is -1.93. The zero-order valence-corrected chi connectivity index (χ0v) is 10.3. The van der Waals surface area contributed by atoms with Gasteiger partial charge in [0.25, 0.3) is 0 Å². The molecule has 0 aliphatic rings. The number of ether oxygens (including phenoxy) is 1. The molecule has 0 atom stereocenters. The molecule has 18 heavy (non-hydrogen) atoms. The first-order chi connectivity index (χ1) is 8.67. The minimum absolute atomic E-state index is 0.0157. The average Bonchev–Trinajstić information content (AvgIpc) is 2.38. The van der Waals surface area contributed by atoms with E-state index >= 15 is 0 Å². The van der Waals surface area contributed by atoms with Crippen molar-refractivity contribution in [2.45, 2.75) is 0 Å². The van der Waals surface area contributed by atoms with Gasteiger partial charge in [-0.3, -0.25) is 0 Å². The monoisotopic (exact) mass is 261 g/mol. The minimum Gasteiger partial charge on any atom is -0.496 e. The standard InChI is InChI=1S/C14H9ClFNO/c1-18-14-6-5-9(15)7-11(14)10-3-2-4-13(16)12(10)8-17/h2-7H,1H3. The number of benzene rings is 2. The van der Waals surface area contributed by atoms with Gasteiger partial charge in [0.1, 0.15) is 17.6 Å². The predicted octanol–water partition coefficient (Wildman–Crippen LogP) is 4.03. The molecule has 0 N–H and O–H groups in total. The number of nitrogens with zero attached hydrogens (tertiary/aromatic N) is 1. The Morgan fingerprint density at radius 1 is 1.22 bits per heavy atom. The lowest BCUT2D eigenvalue weighted by atomic mass is 9.99. The Balaban J connectivity index is 2.73. The van der Waals surface area contributed by atoms with Crippen molar-refractivity contribution in [1.82, 2.24) is 0 Å². The van der Waals surface area contributed by atoms with Gasteiger partial charge in [-0.25, -0.2) is 4.39 Å². The molecule has 0 heterocycles. The summed E-state index contributed by atoms with van der Waals surface area (Å²) in [5.41, 5.74) is 1.05. The van der Waals surface area contributed by atoms with E-state index in [1.165, 1.54) is 13.2 Å². The van der Waals surface area contributed by atoms with E-state index in [9.17, 15) is 4.39 Å². The van der Waals surface area contributed by atoms with Gasteiger partial charge in [0.15, 0.2) is 0 Å². The molecule has 0 fully saturated rings. The minimum atomic E-state index is -0.558. The van der Waals surface area contributed by atoms with E-state index in [-0.39, 0.29) is 5.56 Å². The van der Waals surface area contributed by atoms with Gasteiger partial charge in [-0.2, -0.15) is 5.26 Å². The Morgan fingerprint density at radius 3 is 2.67 bits per heavy atom. The molecule has 0 bridgehead atoms. The molecule has 0 saturated carbocycles. The fourth-order valence-electron chi connectivity index (χ4n) is 1.75. The molecule has 0 aliphatic heterocycles. The average molecular weight is 262 g/mol. The lowest BCUT2D eigenvalue weighted by molar-refractivity contribution is 0.416. The molecule has 2 aromatic carbocycles. The first-order valence-electron chi connectivity index (χ1n) is 5.20. The molecular weight excluding hydrogens is 253 g/mol. The van der Waals surface area contributed by atoms with Crippen LogP contribution in [0.2, 0.25) is 5.02 Å². The van der Waals surface area contributed by atoms with Gasteiger partial charge in [-0.1, -0.05) is 23.7 Å². The molecule has 0 aliphatic carbocycles. The second-order valence-electron chi connectivity index (χ2n) is 3.62. The lowest BCUT2D eigenvalue weighted by Gasteiger charge is -2.10. The number of rotatable bonds is 2. The second-order valence-corrected chi connectivity index (χ2v) is 4.06. The molecule has 0 radical (unpaired) electrons. The first kappa shape index (κ1) is 12.4. The van der Waals surface area contributed by atoms with Crippen molar-refractivity contribution in [3.05, 3.63) is 52.8 Å². The van der Waals surface area contributed by atoms with Gasteiger partial charge >= 0.3 is 0 Å². The van der Waals surface area contributed by atoms with Crippen molar-refractivity contribution in [3.63, 3.8) is 0 Å². The van der Waals surface area contributed by atoms with Crippen LogP contribution < -0.4 is 4.74 Å². The van der Waals surface area contributed by atoms with Crippen LogP contribution in [0.1, 0.15) is 5.56 Å². The third-order valence-electron chi connectivity index (χ3n) is 2.58. The Labute approximate surface area is 109 Å². The summed E-state index contributed by atoms with van der Waals surface area (Å²) in [6.45, 7) is 0. The molecular formula is C14H9ClFNO. The summed E-state index contributed by atoms with van der Waals surface area (Å²) in [6, 6.07) is 11.3. The summed E-state index contributed by atoms with van der Waals surface area (Å²) >= 11 is 5.93. The van der Waals surface area contributed by atoms with E-state index < -0.39 is 5.82 Å². The molecule has 0 aromatic heterocycles. The first-order valence-corrected chi connectivity index (χ1v) is 5.57. The fourth-order valence-corrected chi connectivity index (χ4v) is 1.93. The van der Waals surface area contributed by atoms with Crippen LogP contribution >= 0.6 is 11.6 Å². The second kappa shape index (κ2) is 5.07. The summed E-state index contributed by atoms with van der Waals surface area (Å²) in [5.74, 6) is -0.0153. The van der Waals surface area contributed by atoms with Crippen molar-refractivity contribution in [3.8, 4) is 22.9 Å². The number of hydrogen-bond acceptors (Lipinski definition) is 2. The maximum atomic E-state index is 13.6. The maximum Gasteiger partial charge on any atom is 0.141 e. The van der Waals surface area contributed by atoms with Crippen molar-refractivity contribution in [2.75, 3.05) is 7.11 Å². The summed E-state index contributed by atoms with van der Waals surface area (Å²) in [6.07, 6.45) is 0. The van der Waals surface area contributed by atoms with Crippen LogP contribution in [0, 0.1) is 17.1 Å². The van der Waals surface area contributed by atoms with Gasteiger partial charge in [0, 0.05) is 16.1 Å². The summed E-state index contributed by atoms with van der Waals surface area (Å²) in [5, 5.41) is 9.53. The number of nitriles is 1. The van der Waals surface area contributed by atoms with Crippen LogP contribution in [0.15, 0.2) is 36.4 Å². The zero-order chi connectivity index (χ0) is 13.1. The molecule has 2 aromatic rings. The summed E-state index contributed by atoms with van der Waals surface area (Å²) in [4.78, 5) is 0. The van der Waals surface area contributed by atoms with E-state index in [0.717, 1.165) is 0 Å². The fraction of sp³-hybridized carbons (Fsp3) is 0.0714. The molecule has 2 rings (SSSR count). The molecule has 0 spiro atoms. The van der Waals surface area contributed by atoms with Crippen molar-refractivity contribution in [1.29, 1.82) is 5.26 Å². The number of hydrogen-bond donors (Lipinski definition) is 0. The van der Waals surface area contributed by atoms with Crippen LogP contribution in [0.5, 0.6) is 5.75 Å². The number of methoxy groups -OCH3 is 1. The van der Waals surface area contributed by atoms with Crippen LogP contribution in [0.4, 0.5) is 4.39 Å². The van der Waals surface area contributed by atoms with Crippen LogP contribution in [0.25, 0.3) is 11.1 Å². The summed E-state index contributed by atoms with van der Waals surface area (Å²) in [7, 11) is 1.51. The van der Waals surface area contributed by atoms with Gasteiger partial charge in [-0.05, 0) is 24.3 Å². The van der Waals surface area contributed by atoms with E-state index in [0.29, 0.717) is 21.9 Å². The molecule has 0 saturated heterocycles. The molecule has 0 amide bonds. The molecule has 4 heteroatoms. The highest BCUT2D eigenvalue weighted by Crippen LogP contribution is 2.35. The predicted molar refractivity (Wildman–Crippen MR) is 68.1 cm³/mol. The van der Waals surface area contributed by atoms with E-state index in [4.69, 9.17) is 21.6 Å². The Morgan fingerprint density at radius 2 is 2.00 bits per heavy atom. The third kappa shape index (κ3) is 2.15. The van der Waals surface area contributed by atoms with Gasteiger partial charge in [0.2, 0.25) is 0 Å². The largest absolute Gasteiger partial charge is 0.496 e. The van der Waals surface area contributed by atoms with Crippen LogP contribution in [-0.4, -0.2) is 7.11 Å². The maximum absolute atomic E-state index is 13.6. The van der Waals surface area contributed by atoms with Crippen molar-refractivity contribution < 1.29 is 9.13 Å². The highest BCUT2D eigenvalue weighted by atomic mass is 35.5. The quantitative estimate of drug-likeness (QED) is 0.818. The zero-order valence-electron chi connectivity index (χ0n) is 9.58. The third-order valence-corrected chi connectivity index (χ3v) is 2.81. The van der Waals surface area contributed by atoms with Crippen molar-refractivity contribution >= 4 is 11.6 Å². The normalized spacial score (nSPS) is 9.89. The topological polar surface area (TPSA) is 33.0 Å². The Hall–Kier alpha value is -2.05. The van der Waals surface area contributed by atoms with Crippen LogP contribution in [0.3, 0.4) is 0 Å². The van der Waals surface area contributed by atoms with Gasteiger partial charge in [0.05, 0.1) is 12.7 Å². The number of halogens is 2. The molecule has 0 unspecified atom stereocenters. The van der Waals surface area contributed by atoms with Crippen molar-refractivity contribution in [2.24, 2.45) is 0 Å². The smallest absolute Gasteiger partial charge is 0.141 e. The Kier molecular flexibility index (Phi) is 3.50. The Bertz CT molecular complexity index is 634. The SMILES string of the molecule is COc1ccc(Cl)cc1-c1cccc(F)c1C#N. The molecule has 90 valence electrons. The van der Waals surface area contributed by atoms with Gasteiger partial charge in [-0.15, -0.1) is 0 Å². The van der Waals surface area contributed by atoms with E-state index in [2.05, 4.69) is 0 Å². The van der Waals surface area contributed by atoms with Crippen LogP contribution in [-0.2, 0) is 0 Å². The van der Waals surface area contributed by atoms with Gasteiger partial charge < -0.3 is 4.74 Å². The highest BCUT2D eigenvalue weighted by Gasteiger charge is 2.13. The highest BCUT2D eigenvalue weighted by molar-refractivity contribution is 6.31. The van der Waals surface area contributed by atoms with E-state index in [1.807, 2.05) is 6.07 Å². The molecule has 2 nitrogen and oxygen atoms in total. The van der Waals surface area contributed by atoms with E-state index in [1.54, 1.807) is 30.3 Å². The summed E-state index contributed by atoms with van der Waals surface area (Å²) < 4.78 is 18.8.